The molecular formula is C26H31BrN4O3. The van der Waals surface area contributed by atoms with Crippen LogP contribution >= 0.6 is 15.9 Å². The lowest BCUT2D eigenvalue weighted by molar-refractivity contribution is -0.134. The first kappa shape index (κ1) is 24.4. The van der Waals surface area contributed by atoms with Crippen LogP contribution in [0.2, 0.25) is 0 Å². The maximum atomic E-state index is 12.1. The molecule has 7 nitrogen and oxygen atoms in total. The molecule has 2 fully saturated rings. The standard InChI is InChI=1S/C26H31BrN4O3/c27-21-2-1-3-23(20(21)16-29-22-10-11-24(32)30-26(22)34)31-14-12-18(13-15-31)5-4-17-6-8-19(9-7-17)25(28)33/h1-3,6-9,18,22,29H,4-5,10-16H2,(H2,28,33)(H,30,32,34). The van der Waals surface area contributed by atoms with Gasteiger partial charge in [-0.25, -0.2) is 0 Å². The van der Waals surface area contributed by atoms with Crippen molar-refractivity contribution in [2.45, 2.75) is 51.1 Å². The summed E-state index contributed by atoms with van der Waals surface area (Å²) in [6.07, 6.45) is 5.29. The molecule has 0 bridgehead atoms. The summed E-state index contributed by atoms with van der Waals surface area (Å²) < 4.78 is 1.02. The average molecular weight is 527 g/mol. The fourth-order valence-electron chi connectivity index (χ4n) is 4.80. The number of carbonyl (C=O) groups excluding carboxylic acids is 3. The molecule has 2 saturated heterocycles. The zero-order chi connectivity index (χ0) is 24.1. The van der Waals surface area contributed by atoms with Gasteiger partial charge >= 0.3 is 0 Å². The second kappa shape index (κ2) is 11.1. The number of carbonyl (C=O) groups is 3. The van der Waals surface area contributed by atoms with Gasteiger partial charge in [0.2, 0.25) is 17.7 Å². The highest BCUT2D eigenvalue weighted by Crippen LogP contribution is 2.32. The Hall–Kier alpha value is -2.71. The molecule has 8 heteroatoms. The molecule has 180 valence electrons. The number of benzene rings is 2. The molecule has 3 amide bonds. The van der Waals surface area contributed by atoms with Gasteiger partial charge in [0.15, 0.2) is 0 Å². The molecule has 0 saturated carbocycles. The van der Waals surface area contributed by atoms with E-state index >= 15 is 0 Å². The molecule has 0 radical (unpaired) electrons. The van der Waals surface area contributed by atoms with Gasteiger partial charge in [-0.2, -0.15) is 0 Å². The number of nitrogens with zero attached hydrogens (tertiary/aromatic N) is 1. The molecule has 2 aliphatic rings. The smallest absolute Gasteiger partial charge is 0.248 e. The van der Waals surface area contributed by atoms with Crippen LogP contribution in [0.5, 0.6) is 0 Å². The second-order valence-corrected chi connectivity index (χ2v) is 10.0. The van der Waals surface area contributed by atoms with Crippen molar-refractivity contribution >= 4 is 39.3 Å². The lowest BCUT2D eigenvalue weighted by atomic mass is 9.90. The Morgan fingerprint density at radius 3 is 2.50 bits per heavy atom. The van der Waals surface area contributed by atoms with Crippen molar-refractivity contribution in [2.75, 3.05) is 18.0 Å². The maximum Gasteiger partial charge on any atom is 0.248 e. The third-order valence-electron chi connectivity index (χ3n) is 6.89. The molecule has 2 aromatic rings. The fraction of sp³-hybridized carbons (Fsp3) is 0.423. The fourth-order valence-corrected chi connectivity index (χ4v) is 5.30. The minimum Gasteiger partial charge on any atom is -0.371 e. The van der Waals surface area contributed by atoms with Crippen molar-refractivity contribution in [3.05, 3.63) is 63.6 Å². The van der Waals surface area contributed by atoms with E-state index in [0.29, 0.717) is 30.9 Å². The molecule has 0 aromatic heterocycles. The van der Waals surface area contributed by atoms with E-state index in [-0.39, 0.29) is 17.9 Å². The number of imide groups is 1. The van der Waals surface area contributed by atoms with Crippen molar-refractivity contribution in [3.8, 4) is 0 Å². The summed E-state index contributed by atoms with van der Waals surface area (Å²) in [5.74, 6) is -0.160. The summed E-state index contributed by atoms with van der Waals surface area (Å²) in [7, 11) is 0. The number of hydrogen-bond acceptors (Lipinski definition) is 5. The van der Waals surface area contributed by atoms with Crippen LogP contribution in [0.4, 0.5) is 5.69 Å². The van der Waals surface area contributed by atoms with Gasteiger partial charge in [0.25, 0.3) is 0 Å². The molecule has 2 heterocycles. The molecule has 1 unspecified atom stereocenters. The second-order valence-electron chi connectivity index (χ2n) is 9.15. The molecule has 34 heavy (non-hydrogen) atoms. The normalized spacial score (nSPS) is 19.2. The van der Waals surface area contributed by atoms with Crippen molar-refractivity contribution in [2.24, 2.45) is 11.7 Å². The molecular weight excluding hydrogens is 496 g/mol. The van der Waals surface area contributed by atoms with Crippen molar-refractivity contribution < 1.29 is 14.4 Å². The van der Waals surface area contributed by atoms with E-state index < -0.39 is 5.91 Å². The number of rotatable bonds is 8. The Bertz CT molecular complexity index is 1050. The van der Waals surface area contributed by atoms with Gasteiger partial charge in [-0.1, -0.05) is 34.1 Å². The summed E-state index contributed by atoms with van der Waals surface area (Å²) in [4.78, 5) is 37.2. The zero-order valence-corrected chi connectivity index (χ0v) is 20.8. The highest BCUT2D eigenvalue weighted by molar-refractivity contribution is 9.10. The van der Waals surface area contributed by atoms with Gasteiger partial charge in [0, 0.05) is 47.3 Å². The Morgan fingerprint density at radius 2 is 1.82 bits per heavy atom. The van der Waals surface area contributed by atoms with Crippen LogP contribution in [0, 0.1) is 5.92 Å². The Labute approximate surface area is 208 Å². The third-order valence-corrected chi connectivity index (χ3v) is 7.64. The number of piperidine rings is 2. The summed E-state index contributed by atoms with van der Waals surface area (Å²) in [6, 6.07) is 13.5. The molecule has 0 aliphatic carbocycles. The molecule has 0 spiro atoms. The van der Waals surface area contributed by atoms with Crippen molar-refractivity contribution in [1.29, 1.82) is 0 Å². The maximum absolute atomic E-state index is 12.1. The van der Waals surface area contributed by atoms with E-state index in [0.717, 1.165) is 48.8 Å². The molecule has 1 atom stereocenters. The van der Waals surface area contributed by atoms with Crippen LogP contribution in [0.1, 0.15) is 53.6 Å². The minimum atomic E-state index is -0.391. The van der Waals surface area contributed by atoms with E-state index in [4.69, 9.17) is 5.73 Å². The van der Waals surface area contributed by atoms with Gasteiger partial charge in [0.1, 0.15) is 0 Å². The van der Waals surface area contributed by atoms with Crippen molar-refractivity contribution in [1.82, 2.24) is 10.6 Å². The molecule has 4 N–H and O–H groups in total. The van der Waals surface area contributed by atoms with Crippen LogP contribution in [-0.2, 0) is 22.6 Å². The predicted octanol–water partition coefficient (Wildman–Crippen LogP) is 3.29. The topological polar surface area (TPSA) is 105 Å². The Kier molecular flexibility index (Phi) is 8.00. The van der Waals surface area contributed by atoms with E-state index in [1.54, 1.807) is 12.1 Å². The SMILES string of the molecule is NC(=O)c1ccc(CCC2CCN(c3cccc(Br)c3CNC3CCC(=O)NC3=O)CC2)cc1. The first-order valence-electron chi connectivity index (χ1n) is 11.9. The highest BCUT2D eigenvalue weighted by Gasteiger charge is 2.27. The van der Waals surface area contributed by atoms with E-state index in [1.807, 2.05) is 18.2 Å². The predicted molar refractivity (Wildman–Crippen MR) is 135 cm³/mol. The molecule has 2 aromatic carbocycles. The summed E-state index contributed by atoms with van der Waals surface area (Å²) >= 11 is 3.69. The third kappa shape index (κ3) is 6.04. The van der Waals surface area contributed by atoms with Crippen LogP contribution < -0.4 is 21.3 Å². The molecule has 2 aliphatic heterocycles. The first-order valence-corrected chi connectivity index (χ1v) is 12.7. The summed E-state index contributed by atoms with van der Waals surface area (Å²) in [6.45, 7) is 2.55. The summed E-state index contributed by atoms with van der Waals surface area (Å²) in [5.41, 5.74) is 9.44. The number of aryl methyl sites for hydroxylation is 1. The number of nitrogens with two attached hydrogens (primary N) is 1. The van der Waals surface area contributed by atoms with Gasteiger partial charge in [0.05, 0.1) is 6.04 Å². The lowest BCUT2D eigenvalue weighted by Crippen LogP contribution is -2.50. The van der Waals surface area contributed by atoms with Crippen LogP contribution in [-0.4, -0.2) is 36.9 Å². The quantitative estimate of drug-likeness (QED) is 0.457. The number of primary amides is 1. The lowest BCUT2D eigenvalue weighted by Gasteiger charge is -2.35. The number of amides is 3. The van der Waals surface area contributed by atoms with Gasteiger partial charge in [-0.3, -0.25) is 19.7 Å². The highest BCUT2D eigenvalue weighted by atomic mass is 79.9. The van der Waals surface area contributed by atoms with Crippen LogP contribution in [0.3, 0.4) is 0 Å². The van der Waals surface area contributed by atoms with E-state index in [9.17, 15) is 14.4 Å². The van der Waals surface area contributed by atoms with Crippen molar-refractivity contribution in [3.63, 3.8) is 0 Å². The first-order chi connectivity index (χ1) is 16.4. The van der Waals surface area contributed by atoms with E-state index in [2.05, 4.69) is 43.6 Å². The van der Waals surface area contributed by atoms with Crippen LogP contribution in [0.15, 0.2) is 46.9 Å². The largest absolute Gasteiger partial charge is 0.371 e. The molecule has 4 rings (SSSR count). The zero-order valence-electron chi connectivity index (χ0n) is 19.2. The Morgan fingerprint density at radius 1 is 1.09 bits per heavy atom. The van der Waals surface area contributed by atoms with Gasteiger partial charge in [-0.05, 0) is 67.9 Å². The number of anilines is 1. The monoisotopic (exact) mass is 526 g/mol. The summed E-state index contributed by atoms with van der Waals surface area (Å²) in [5, 5.41) is 5.75. The van der Waals surface area contributed by atoms with Gasteiger partial charge < -0.3 is 16.0 Å². The average Bonchev–Trinajstić information content (AvgIpc) is 2.83. The van der Waals surface area contributed by atoms with Crippen LogP contribution in [0.25, 0.3) is 0 Å². The van der Waals surface area contributed by atoms with E-state index in [1.165, 1.54) is 11.3 Å². The number of hydrogen-bond donors (Lipinski definition) is 3. The Balaban J connectivity index is 1.31. The minimum absolute atomic E-state index is 0.199. The number of halogens is 1. The number of nitrogens with one attached hydrogen (secondary N) is 2. The van der Waals surface area contributed by atoms with Gasteiger partial charge in [-0.15, -0.1) is 0 Å².